The van der Waals surface area contributed by atoms with Crippen molar-refractivity contribution in [2.45, 2.75) is 12.8 Å². The molecule has 1 saturated heterocycles. The number of hydrogen-bond donors (Lipinski definition) is 3. The quantitative estimate of drug-likeness (QED) is 0.661. The standard InChI is InChI=1S/C18H21N7O/c1-11-21-17(24-23-11)12-3-5-14(6-4-12)22-18(26)16-9-19-8-15(16)13-7-20-25(2)10-13/h3-7,10,15-16,19H,8-9H2,1-2H3,(H,22,26)(H,21,23,24)/t15-,16+/m1/s1. The fourth-order valence-corrected chi connectivity index (χ4v) is 3.35. The number of aromatic amines is 1. The van der Waals surface area contributed by atoms with Crippen molar-refractivity contribution in [1.82, 2.24) is 30.3 Å². The van der Waals surface area contributed by atoms with Gasteiger partial charge in [0.05, 0.1) is 12.1 Å². The Balaban J connectivity index is 1.45. The normalized spacial score (nSPS) is 19.6. The summed E-state index contributed by atoms with van der Waals surface area (Å²) in [6.45, 7) is 3.31. The zero-order valence-electron chi connectivity index (χ0n) is 14.7. The van der Waals surface area contributed by atoms with Crippen molar-refractivity contribution in [3.63, 3.8) is 0 Å². The van der Waals surface area contributed by atoms with Crippen LogP contribution in [0.2, 0.25) is 0 Å². The molecule has 134 valence electrons. The molecule has 8 heteroatoms. The molecule has 0 bridgehead atoms. The molecule has 0 saturated carbocycles. The van der Waals surface area contributed by atoms with E-state index >= 15 is 0 Å². The lowest BCUT2D eigenvalue weighted by Crippen LogP contribution is -2.28. The Bertz CT molecular complexity index is 912. The highest BCUT2D eigenvalue weighted by molar-refractivity contribution is 5.93. The van der Waals surface area contributed by atoms with E-state index in [1.54, 1.807) is 4.68 Å². The van der Waals surface area contributed by atoms with Gasteiger partial charge in [0.25, 0.3) is 0 Å². The van der Waals surface area contributed by atoms with Crippen LogP contribution in [0, 0.1) is 12.8 Å². The molecule has 2 aromatic heterocycles. The predicted octanol–water partition coefficient (Wildman–Crippen LogP) is 1.46. The summed E-state index contributed by atoms with van der Waals surface area (Å²) in [6, 6.07) is 7.56. The summed E-state index contributed by atoms with van der Waals surface area (Å²) in [4.78, 5) is 17.1. The molecule has 1 aliphatic heterocycles. The van der Waals surface area contributed by atoms with E-state index in [9.17, 15) is 4.79 Å². The zero-order chi connectivity index (χ0) is 18.1. The van der Waals surface area contributed by atoms with Crippen molar-refractivity contribution in [3.8, 4) is 11.4 Å². The SMILES string of the molecule is Cc1nc(-c2ccc(NC(=O)[C@H]3CNC[C@@H]3c3cnn(C)c3)cc2)n[nH]1. The summed E-state index contributed by atoms with van der Waals surface area (Å²) in [5.74, 6) is 1.46. The van der Waals surface area contributed by atoms with Gasteiger partial charge in [-0.1, -0.05) is 0 Å². The second kappa shape index (κ2) is 6.72. The molecule has 0 spiro atoms. The Kier molecular flexibility index (Phi) is 4.26. The molecule has 1 amide bonds. The third-order valence-electron chi connectivity index (χ3n) is 4.71. The fraction of sp³-hybridized carbons (Fsp3) is 0.333. The Morgan fingerprint density at radius 3 is 2.73 bits per heavy atom. The minimum atomic E-state index is -0.116. The topological polar surface area (TPSA) is 101 Å². The van der Waals surface area contributed by atoms with E-state index < -0.39 is 0 Å². The van der Waals surface area contributed by atoms with Crippen molar-refractivity contribution in [1.29, 1.82) is 0 Å². The molecule has 3 heterocycles. The number of carbonyl (C=O) groups excluding carboxylic acids is 1. The number of nitrogens with zero attached hydrogens (tertiary/aromatic N) is 4. The Hall–Kier alpha value is -3.00. The van der Waals surface area contributed by atoms with E-state index in [1.165, 1.54) is 0 Å². The monoisotopic (exact) mass is 351 g/mol. The first-order valence-electron chi connectivity index (χ1n) is 8.60. The summed E-state index contributed by atoms with van der Waals surface area (Å²) in [6.07, 6.45) is 3.82. The third-order valence-corrected chi connectivity index (χ3v) is 4.71. The molecule has 4 rings (SSSR count). The zero-order valence-corrected chi connectivity index (χ0v) is 14.7. The van der Waals surface area contributed by atoms with Gasteiger partial charge in [-0.15, -0.1) is 0 Å². The molecule has 1 aliphatic rings. The van der Waals surface area contributed by atoms with Gasteiger partial charge in [-0.05, 0) is 36.8 Å². The average Bonchev–Trinajstić information content (AvgIpc) is 3.35. The largest absolute Gasteiger partial charge is 0.326 e. The van der Waals surface area contributed by atoms with Crippen molar-refractivity contribution in [2.24, 2.45) is 13.0 Å². The molecule has 26 heavy (non-hydrogen) atoms. The molecule has 3 aromatic rings. The van der Waals surface area contributed by atoms with Gasteiger partial charge in [-0.2, -0.15) is 10.2 Å². The Labute approximate surface area is 151 Å². The highest BCUT2D eigenvalue weighted by Crippen LogP contribution is 2.29. The maximum absolute atomic E-state index is 12.8. The number of carbonyl (C=O) groups is 1. The van der Waals surface area contributed by atoms with Crippen LogP contribution in [0.5, 0.6) is 0 Å². The average molecular weight is 351 g/mol. The van der Waals surface area contributed by atoms with Crippen LogP contribution in [-0.4, -0.2) is 44.0 Å². The first-order valence-corrected chi connectivity index (χ1v) is 8.60. The van der Waals surface area contributed by atoms with Gasteiger partial charge in [0.15, 0.2) is 5.82 Å². The second-order valence-corrected chi connectivity index (χ2v) is 6.63. The Morgan fingerprint density at radius 2 is 2.08 bits per heavy atom. The second-order valence-electron chi connectivity index (χ2n) is 6.63. The van der Waals surface area contributed by atoms with Gasteiger partial charge >= 0.3 is 0 Å². The van der Waals surface area contributed by atoms with E-state index in [1.807, 2.05) is 50.6 Å². The number of aryl methyl sites for hydroxylation is 2. The van der Waals surface area contributed by atoms with Crippen LogP contribution in [0.3, 0.4) is 0 Å². The number of anilines is 1. The first-order chi connectivity index (χ1) is 12.6. The lowest BCUT2D eigenvalue weighted by molar-refractivity contribution is -0.119. The molecule has 0 unspecified atom stereocenters. The van der Waals surface area contributed by atoms with Crippen molar-refractivity contribution < 1.29 is 4.79 Å². The summed E-state index contributed by atoms with van der Waals surface area (Å²) in [7, 11) is 1.89. The van der Waals surface area contributed by atoms with Crippen LogP contribution in [-0.2, 0) is 11.8 Å². The van der Waals surface area contributed by atoms with E-state index in [0.717, 1.165) is 29.2 Å². The van der Waals surface area contributed by atoms with Crippen molar-refractivity contribution in [2.75, 3.05) is 18.4 Å². The van der Waals surface area contributed by atoms with E-state index in [0.29, 0.717) is 12.4 Å². The summed E-state index contributed by atoms with van der Waals surface area (Å²) in [5.41, 5.74) is 2.76. The summed E-state index contributed by atoms with van der Waals surface area (Å²) < 4.78 is 1.77. The van der Waals surface area contributed by atoms with Crippen LogP contribution < -0.4 is 10.6 Å². The highest BCUT2D eigenvalue weighted by Gasteiger charge is 2.34. The smallest absolute Gasteiger partial charge is 0.229 e. The third kappa shape index (κ3) is 3.23. The molecule has 8 nitrogen and oxygen atoms in total. The minimum Gasteiger partial charge on any atom is -0.326 e. The number of amides is 1. The van der Waals surface area contributed by atoms with E-state index in [2.05, 4.69) is 30.9 Å². The van der Waals surface area contributed by atoms with Gasteiger partial charge in [0.1, 0.15) is 5.82 Å². The van der Waals surface area contributed by atoms with Gasteiger partial charge < -0.3 is 10.6 Å². The fourth-order valence-electron chi connectivity index (χ4n) is 3.35. The summed E-state index contributed by atoms with van der Waals surface area (Å²) >= 11 is 0. The maximum atomic E-state index is 12.8. The Morgan fingerprint density at radius 1 is 1.27 bits per heavy atom. The van der Waals surface area contributed by atoms with Crippen LogP contribution in [0.1, 0.15) is 17.3 Å². The summed E-state index contributed by atoms with van der Waals surface area (Å²) in [5, 5.41) is 17.5. The van der Waals surface area contributed by atoms with Crippen molar-refractivity contribution in [3.05, 3.63) is 48.0 Å². The molecule has 1 fully saturated rings. The van der Waals surface area contributed by atoms with Gasteiger partial charge in [0, 0.05) is 43.5 Å². The number of nitrogens with one attached hydrogen (secondary N) is 3. The number of rotatable bonds is 4. The molecule has 3 N–H and O–H groups in total. The van der Waals surface area contributed by atoms with Crippen LogP contribution in [0.25, 0.3) is 11.4 Å². The van der Waals surface area contributed by atoms with Crippen LogP contribution in [0.4, 0.5) is 5.69 Å². The molecular weight excluding hydrogens is 330 g/mol. The molecule has 1 aromatic carbocycles. The molecular formula is C18H21N7O. The van der Waals surface area contributed by atoms with E-state index in [4.69, 9.17) is 0 Å². The molecule has 2 atom stereocenters. The van der Waals surface area contributed by atoms with Crippen LogP contribution >= 0.6 is 0 Å². The number of hydrogen-bond acceptors (Lipinski definition) is 5. The first kappa shape index (κ1) is 16.5. The highest BCUT2D eigenvalue weighted by atomic mass is 16.1. The lowest BCUT2D eigenvalue weighted by atomic mass is 9.90. The van der Waals surface area contributed by atoms with Gasteiger partial charge in [-0.3, -0.25) is 14.6 Å². The van der Waals surface area contributed by atoms with Crippen molar-refractivity contribution >= 4 is 11.6 Å². The van der Waals surface area contributed by atoms with E-state index in [-0.39, 0.29) is 17.7 Å². The number of H-pyrrole nitrogens is 1. The van der Waals surface area contributed by atoms with Gasteiger partial charge in [0.2, 0.25) is 5.91 Å². The van der Waals surface area contributed by atoms with Gasteiger partial charge in [-0.25, -0.2) is 4.98 Å². The lowest BCUT2D eigenvalue weighted by Gasteiger charge is -2.17. The minimum absolute atomic E-state index is 0.0188. The van der Waals surface area contributed by atoms with Crippen LogP contribution in [0.15, 0.2) is 36.7 Å². The molecule has 0 aliphatic carbocycles. The molecule has 0 radical (unpaired) electrons. The number of benzene rings is 1. The number of aromatic nitrogens is 5. The predicted molar refractivity (Wildman–Crippen MR) is 97.5 cm³/mol. The maximum Gasteiger partial charge on any atom is 0.229 e.